The van der Waals surface area contributed by atoms with Gasteiger partial charge in [-0.1, -0.05) is 11.2 Å². The van der Waals surface area contributed by atoms with Gasteiger partial charge in [0.15, 0.2) is 11.5 Å². The topological polar surface area (TPSA) is 76.2 Å². The van der Waals surface area contributed by atoms with Gasteiger partial charge in [-0.05, 0) is 24.5 Å². The second-order valence-corrected chi connectivity index (χ2v) is 3.66. The maximum absolute atomic E-state index is 10.9. The van der Waals surface area contributed by atoms with Gasteiger partial charge in [0.1, 0.15) is 5.69 Å². The van der Waals surface area contributed by atoms with Gasteiger partial charge in [0, 0.05) is 11.8 Å². The molecular weight excluding hydrogens is 208 g/mol. The molecule has 0 amide bonds. The number of rotatable bonds is 1. The summed E-state index contributed by atoms with van der Waals surface area (Å²) in [5.41, 5.74) is 2.44. The Balaban J connectivity index is 2.23. The summed E-state index contributed by atoms with van der Waals surface area (Å²) in [6.45, 7) is 0. The van der Waals surface area contributed by atoms with Crippen molar-refractivity contribution in [1.29, 1.82) is 0 Å². The van der Waals surface area contributed by atoms with E-state index >= 15 is 0 Å². The van der Waals surface area contributed by atoms with Crippen LogP contribution in [0, 0.1) is 0 Å². The lowest BCUT2D eigenvalue weighted by molar-refractivity contribution is 0.0685. The van der Waals surface area contributed by atoms with Crippen LogP contribution in [0.2, 0.25) is 0 Å². The second-order valence-electron chi connectivity index (χ2n) is 3.66. The number of aromatic carboxylic acids is 1. The number of hydrogen-bond donors (Lipinski definition) is 1. The lowest BCUT2D eigenvalue weighted by Crippen LogP contribution is -2.08. The molecule has 16 heavy (non-hydrogen) atoms. The molecule has 1 N–H and O–H groups in total. The number of aromatic nitrogens is 2. The van der Waals surface area contributed by atoms with Crippen molar-refractivity contribution in [2.24, 2.45) is 0 Å². The van der Waals surface area contributed by atoms with E-state index in [2.05, 4.69) is 10.1 Å². The Morgan fingerprint density at radius 3 is 3.12 bits per heavy atom. The lowest BCUT2D eigenvalue weighted by Gasteiger charge is -2.12. The third-order valence-corrected chi connectivity index (χ3v) is 2.74. The molecule has 2 aromatic heterocycles. The predicted octanol–water partition coefficient (Wildman–Crippen LogP) is 1.53. The van der Waals surface area contributed by atoms with Crippen molar-refractivity contribution in [2.75, 3.05) is 0 Å². The number of carboxylic acid groups (broad SMARTS) is 1. The van der Waals surface area contributed by atoms with Gasteiger partial charge in [-0.15, -0.1) is 0 Å². The van der Waals surface area contributed by atoms with Crippen LogP contribution >= 0.6 is 0 Å². The third kappa shape index (κ3) is 1.14. The molecule has 0 atom stereocenters. The number of carboxylic acids is 1. The predicted molar refractivity (Wildman–Crippen MR) is 54.1 cm³/mol. The van der Waals surface area contributed by atoms with E-state index in [9.17, 15) is 4.79 Å². The Kier molecular flexibility index (Phi) is 1.80. The minimum atomic E-state index is -1.05. The summed E-state index contributed by atoms with van der Waals surface area (Å²) in [6.07, 6.45) is 3.08. The minimum Gasteiger partial charge on any atom is -0.476 e. The molecule has 0 radical (unpaired) electrons. The number of carbonyl (C=O) groups is 1. The van der Waals surface area contributed by atoms with Crippen molar-refractivity contribution < 1.29 is 14.4 Å². The first-order valence-electron chi connectivity index (χ1n) is 4.93. The van der Waals surface area contributed by atoms with Gasteiger partial charge in [-0.3, -0.25) is 4.98 Å². The third-order valence-electron chi connectivity index (χ3n) is 2.74. The second kappa shape index (κ2) is 3.16. The zero-order valence-electron chi connectivity index (χ0n) is 8.30. The zero-order valence-corrected chi connectivity index (χ0v) is 8.30. The van der Waals surface area contributed by atoms with Crippen LogP contribution in [0.15, 0.2) is 22.9 Å². The Hall–Kier alpha value is -2.17. The van der Waals surface area contributed by atoms with E-state index in [0.29, 0.717) is 23.4 Å². The van der Waals surface area contributed by atoms with Gasteiger partial charge >= 0.3 is 5.97 Å². The first-order chi connectivity index (χ1) is 7.77. The molecule has 3 rings (SSSR count). The van der Waals surface area contributed by atoms with Crippen LogP contribution in [0.1, 0.15) is 21.6 Å². The van der Waals surface area contributed by atoms with Crippen molar-refractivity contribution in [1.82, 2.24) is 10.1 Å². The highest BCUT2D eigenvalue weighted by molar-refractivity contribution is 5.89. The van der Waals surface area contributed by atoms with E-state index < -0.39 is 5.97 Å². The van der Waals surface area contributed by atoms with Crippen LogP contribution in [-0.2, 0) is 12.8 Å². The summed E-state index contributed by atoms with van der Waals surface area (Å²) in [7, 11) is 0. The summed E-state index contributed by atoms with van der Waals surface area (Å²) in [4.78, 5) is 15.1. The van der Waals surface area contributed by atoms with Crippen LogP contribution in [-0.4, -0.2) is 21.2 Å². The molecule has 2 heterocycles. The quantitative estimate of drug-likeness (QED) is 0.782. The molecule has 1 aliphatic rings. The summed E-state index contributed by atoms with van der Waals surface area (Å²) >= 11 is 0. The minimum absolute atomic E-state index is 0.00584. The zero-order chi connectivity index (χ0) is 11.1. The number of hydrogen-bond acceptors (Lipinski definition) is 4. The van der Waals surface area contributed by atoms with Crippen molar-refractivity contribution in [3.05, 3.63) is 35.2 Å². The summed E-state index contributed by atoms with van der Waals surface area (Å²) in [6, 6.07) is 3.83. The molecule has 2 aromatic rings. The summed E-state index contributed by atoms with van der Waals surface area (Å²) in [5.74, 6) is -0.552. The van der Waals surface area contributed by atoms with E-state index in [4.69, 9.17) is 9.63 Å². The van der Waals surface area contributed by atoms with E-state index in [1.54, 1.807) is 6.20 Å². The number of nitrogens with zero attached hydrogens (tertiary/aromatic N) is 2. The highest BCUT2D eigenvalue weighted by atomic mass is 16.5. The van der Waals surface area contributed by atoms with Crippen LogP contribution in [0.4, 0.5) is 0 Å². The average Bonchev–Trinajstić information content (AvgIpc) is 2.73. The van der Waals surface area contributed by atoms with E-state index in [1.807, 2.05) is 12.1 Å². The van der Waals surface area contributed by atoms with Gasteiger partial charge in [0.25, 0.3) is 0 Å². The number of fused-ring (bicyclic) bond motifs is 3. The normalized spacial score (nSPS) is 13.0. The van der Waals surface area contributed by atoms with Gasteiger partial charge in [0.2, 0.25) is 0 Å². The molecular formula is C11H8N2O3. The van der Waals surface area contributed by atoms with Crippen LogP contribution in [0.3, 0.4) is 0 Å². The van der Waals surface area contributed by atoms with E-state index in [1.165, 1.54) is 0 Å². The van der Waals surface area contributed by atoms with Gasteiger partial charge < -0.3 is 9.63 Å². The molecule has 5 heteroatoms. The largest absolute Gasteiger partial charge is 0.476 e. The molecule has 0 aliphatic heterocycles. The fourth-order valence-corrected chi connectivity index (χ4v) is 2.00. The molecule has 0 unspecified atom stereocenters. The van der Waals surface area contributed by atoms with Gasteiger partial charge in [-0.2, -0.15) is 0 Å². The maximum Gasteiger partial charge on any atom is 0.358 e. The number of pyridine rings is 1. The Bertz CT molecular complexity index is 574. The SMILES string of the molecule is O=C(O)c1noc2c1CCc1cccnc1-2. The monoisotopic (exact) mass is 216 g/mol. The fourth-order valence-electron chi connectivity index (χ4n) is 2.00. The molecule has 0 fully saturated rings. The van der Waals surface area contributed by atoms with E-state index in [-0.39, 0.29) is 5.69 Å². The van der Waals surface area contributed by atoms with Gasteiger partial charge in [-0.25, -0.2) is 4.79 Å². The lowest BCUT2D eigenvalue weighted by atomic mass is 9.93. The fraction of sp³-hybridized carbons (Fsp3) is 0.182. The highest BCUT2D eigenvalue weighted by Crippen LogP contribution is 2.33. The summed E-state index contributed by atoms with van der Waals surface area (Å²) in [5, 5.41) is 12.5. The van der Waals surface area contributed by atoms with Gasteiger partial charge in [0.05, 0.1) is 0 Å². The molecule has 0 saturated carbocycles. The first kappa shape index (κ1) is 9.08. The van der Waals surface area contributed by atoms with Crippen molar-refractivity contribution in [3.63, 3.8) is 0 Å². The van der Waals surface area contributed by atoms with Crippen molar-refractivity contribution >= 4 is 5.97 Å². The molecule has 5 nitrogen and oxygen atoms in total. The Morgan fingerprint density at radius 2 is 2.31 bits per heavy atom. The van der Waals surface area contributed by atoms with Crippen LogP contribution in [0.25, 0.3) is 11.5 Å². The maximum atomic E-state index is 10.9. The first-order valence-corrected chi connectivity index (χ1v) is 4.93. The number of aryl methyl sites for hydroxylation is 1. The molecule has 1 aliphatic carbocycles. The highest BCUT2D eigenvalue weighted by Gasteiger charge is 2.27. The van der Waals surface area contributed by atoms with Crippen molar-refractivity contribution in [2.45, 2.75) is 12.8 Å². The molecule has 80 valence electrons. The van der Waals surface area contributed by atoms with Crippen LogP contribution in [0.5, 0.6) is 0 Å². The molecule has 0 saturated heterocycles. The molecule has 0 bridgehead atoms. The Morgan fingerprint density at radius 1 is 1.44 bits per heavy atom. The molecule has 0 spiro atoms. The molecule has 0 aromatic carbocycles. The average molecular weight is 216 g/mol. The van der Waals surface area contributed by atoms with Crippen molar-refractivity contribution in [3.8, 4) is 11.5 Å². The summed E-state index contributed by atoms with van der Waals surface area (Å²) < 4.78 is 5.08. The standard InChI is InChI=1S/C11H8N2O3/c14-11(15)9-7-4-3-6-2-1-5-12-8(6)10(7)16-13-9/h1-2,5H,3-4H2,(H,14,15). The van der Waals surface area contributed by atoms with E-state index in [0.717, 1.165) is 12.0 Å². The van der Waals surface area contributed by atoms with Crippen LogP contribution < -0.4 is 0 Å². The smallest absolute Gasteiger partial charge is 0.358 e. The Labute approximate surface area is 90.7 Å².